The van der Waals surface area contributed by atoms with Gasteiger partial charge in [0.25, 0.3) is 0 Å². The number of carbonyl (C=O) groups excluding carboxylic acids is 1. The van der Waals surface area contributed by atoms with Gasteiger partial charge in [-0.2, -0.15) is 10.2 Å². The average Bonchev–Trinajstić information content (AvgIpc) is 3.42. The minimum Gasteiger partial charge on any atom is -0.349 e. The highest BCUT2D eigenvalue weighted by Gasteiger charge is 2.35. The summed E-state index contributed by atoms with van der Waals surface area (Å²) in [7, 11) is 1.90. The molecule has 2 aromatic heterocycles. The van der Waals surface area contributed by atoms with Crippen LogP contribution in [-0.4, -0.2) is 38.6 Å². The van der Waals surface area contributed by atoms with E-state index in [1.54, 1.807) is 10.9 Å². The monoisotopic (exact) mass is 400 g/mol. The number of rotatable bonds is 5. The van der Waals surface area contributed by atoms with E-state index in [0.717, 1.165) is 23.4 Å². The number of amides is 1. The van der Waals surface area contributed by atoms with Crippen molar-refractivity contribution in [1.29, 1.82) is 0 Å². The summed E-state index contributed by atoms with van der Waals surface area (Å²) in [6, 6.07) is 9.79. The van der Waals surface area contributed by atoms with E-state index in [1.165, 1.54) is 0 Å². The van der Waals surface area contributed by atoms with Crippen molar-refractivity contribution in [3.63, 3.8) is 0 Å². The lowest BCUT2D eigenvalue weighted by molar-refractivity contribution is -0.125. The number of halogens is 1. The maximum Gasteiger partial charge on any atom is 0.225 e. The third-order valence-corrected chi connectivity index (χ3v) is 5.22. The summed E-state index contributed by atoms with van der Waals surface area (Å²) < 4.78 is 3.61. The SMILES string of the molecule is CC(NC(=O)[C@H]1CNC[C@@H]1c1cnn(C)c1)c1ccccc1-n1cccn1.Cl. The molecule has 148 valence electrons. The molecule has 1 unspecified atom stereocenters. The fourth-order valence-electron chi connectivity index (χ4n) is 3.81. The van der Waals surface area contributed by atoms with Crippen LogP contribution in [0.5, 0.6) is 0 Å². The molecule has 3 heterocycles. The van der Waals surface area contributed by atoms with Gasteiger partial charge < -0.3 is 10.6 Å². The molecule has 0 radical (unpaired) electrons. The highest BCUT2D eigenvalue weighted by molar-refractivity contribution is 5.85. The topological polar surface area (TPSA) is 76.8 Å². The Kier molecular flexibility index (Phi) is 6.16. The Morgan fingerprint density at radius 1 is 1.25 bits per heavy atom. The minimum atomic E-state index is -0.118. The summed E-state index contributed by atoms with van der Waals surface area (Å²) in [4.78, 5) is 13.0. The molecule has 4 rings (SSSR count). The van der Waals surface area contributed by atoms with Crippen LogP contribution in [0.15, 0.2) is 55.1 Å². The molecule has 1 fully saturated rings. The Morgan fingerprint density at radius 3 is 2.79 bits per heavy atom. The first kappa shape index (κ1) is 20.1. The van der Waals surface area contributed by atoms with Gasteiger partial charge in [-0.25, -0.2) is 4.68 Å². The second-order valence-corrected chi connectivity index (χ2v) is 7.06. The molecule has 1 amide bonds. The van der Waals surface area contributed by atoms with Gasteiger partial charge in [-0.3, -0.25) is 9.48 Å². The van der Waals surface area contributed by atoms with Gasteiger partial charge in [-0.1, -0.05) is 18.2 Å². The molecular weight excluding hydrogens is 376 g/mol. The van der Waals surface area contributed by atoms with Gasteiger partial charge in [0.15, 0.2) is 0 Å². The molecule has 0 bridgehead atoms. The summed E-state index contributed by atoms with van der Waals surface area (Å²) in [5, 5.41) is 15.1. The molecule has 0 saturated carbocycles. The lowest BCUT2D eigenvalue weighted by atomic mass is 9.90. The van der Waals surface area contributed by atoms with Crippen molar-refractivity contribution in [1.82, 2.24) is 30.2 Å². The van der Waals surface area contributed by atoms with Crippen LogP contribution in [-0.2, 0) is 11.8 Å². The van der Waals surface area contributed by atoms with Crippen molar-refractivity contribution in [3.05, 3.63) is 66.2 Å². The van der Waals surface area contributed by atoms with E-state index in [9.17, 15) is 4.79 Å². The van der Waals surface area contributed by atoms with Gasteiger partial charge in [-0.05, 0) is 30.2 Å². The molecule has 1 aliphatic rings. The van der Waals surface area contributed by atoms with Crippen molar-refractivity contribution >= 4 is 18.3 Å². The van der Waals surface area contributed by atoms with E-state index in [1.807, 2.05) is 67.6 Å². The predicted molar refractivity (Wildman–Crippen MR) is 110 cm³/mol. The van der Waals surface area contributed by atoms with Crippen molar-refractivity contribution in [3.8, 4) is 5.69 Å². The number of para-hydroxylation sites is 1. The summed E-state index contributed by atoms with van der Waals surface area (Å²) >= 11 is 0. The molecule has 0 spiro atoms. The van der Waals surface area contributed by atoms with Gasteiger partial charge in [0.1, 0.15) is 0 Å². The summed E-state index contributed by atoms with van der Waals surface area (Å²) in [5.41, 5.74) is 3.12. The predicted octanol–water partition coefficient (Wildman–Crippen LogP) is 2.21. The van der Waals surface area contributed by atoms with Gasteiger partial charge in [-0.15, -0.1) is 12.4 Å². The number of aryl methyl sites for hydroxylation is 1. The first-order valence-electron chi connectivity index (χ1n) is 9.22. The number of nitrogens with zero attached hydrogens (tertiary/aromatic N) is 4. The molecule has 1 aliphatic heterocycles. The Bertz CT molecular complexity index is 922. The largest absolute Gasteiger partial charge is 0.349 e. The highest BCUT2D eigenvalue weighted by Crippen LogP contribution is 2.29. The fraction of sp³-hybridized carbons (Fsp3) is 0.350. The smallest absolute Gasteiger partial charge is 0.225 e. The number of nitrogens with one attached hydrogen (secondary N) is 2. The van der Waals surface area contributed by atoms with Crippen LogP contribution < -0.4 is 10.6 Å². The molecule has 7 nitrogen and oxygen atoms in total. The minimum absolute atomic E-state index is 0. The zero-order valence-electron chi connectivity index (χ0n) is 15.9. The summed E-state index contributed by atoms with van der Waals surface area (Å²) in [5.74, 6) is 0.109. The van der Waals surface area contributed by atoms with Crippen LogP contribution >= 0.6 is 12.4 Å². The third-order valence-electron chi connectivity index (χ3n) is 5.22. The zero-order valence-corrected chi connectivity index (χ0v) is 16.8. The second-order valence-electron chi connectivity index (χ2n) is 7.06. The summed E-state index contributed by atoms with van der Waals surface area (Å²) in [6.45, 7) is 3.49. The van der Waals surface area contributed by atoms with E-state index >= 15 is 0 Å². The lowest BCUT2D eigenvalue weighted by Crippen LogP contribution is -2.36. The maximum atomic E-state index is 13.0. The quantitative estimate of drug-likeness (QED) is 0.688. The number of hydrogen-bond acceptors (Lipinski definition) is 4. The van der Waals surface area contributed by atoms with Gasteiger partial charge in [0.2, 0.25) is 5.91 Å². The van der Waals surface area contributed by atoms with E-state index in [4.69, 9.17) is 0 Å². The van der Waals surface area contributed by atoms with Crippen LogP contribution in [0.25, 0.3) is 5.69 Å². The normalized spacial score (nSPS) is 19.8. The number of benzene rings is 1. The third kappa shape index (κ3) is 3.95. The summed E-state index contributed by atoms with van der Waals surface area (Å²) in [6.07, 6.45) is 7.51. The first-order valence-corrected chi connectivity index (χ1v) is 9.22. The maximum absolute atomic E-state index is 13.0. The van der Waals surface area contributed by atoms with Crippen molar-refractivity contribution in [2.45, 2.75) is 18.9 Å². The van der Waals surface area contributed by atoms with Crippen LogP contribution in [0, 0.1) is 5.92 Å². The van der Waals surface area contributed by atoms with Gasteiger partial charge in [0.05, 0.1) is 23.8 Å². The second kappa shape index (κ2) is 8.58. The van der Waals surface area contributed by atoms with Gasteiger partial charge >= 0.3 is 0 Å². The van der Waals surface area contributed by atoms with Crippen molar-refractivity contribution < 1.29 is 4.79 Å². The van der Waals surface area contributed by atoms with Crippen LogP contribution in [0.4, 0.5) is 0 Å². The Hall–Kier alpha value is -2.64. The molecular formula is C20H25ClN6O. The number of aromatic nitrogens is 4. The molecule has 2 N–H and O–H groups in total. The van der Waals surface area contributed by atoms with E-state index in [-0.39, 0.29) is 36.2 Å². The standard InChI is InChI=1S/C20H24N6O.ClH/c1-14(16-6-3-4-7-19(16)26-9-5-8-22-26)24-20(27)18-12-21-11-17(18)15-10-23-25(2)13-15;/h3-10,13-14,17-18,21H,11-12H2,1-2H3,(H,24,27);1H/t14?,17-,18+;/m1./s1. The molecule has 1 aromatic carbocycles. The fourth-order valence-corrected chi connectivity index (χ4v) is 3.81. The van der Waals surface area contributed by atoms with Crippen LogP contribution in [0.2, 0.25) is 0 Å². The van der Waals surface area contributed by atoms with Crippen LogP contribution in [0.3, 0.4) is 0 Å². The highest BCUT2D eigenvalue weighted by atomic mass is 35.5. The van der Waals surface area contributed by atoms with Crippen LogP contribution in [0.1, 0.15) is 30.0 Å². The number of carbonyl (C=O) groups is 1. The molecule has 8 heteroatoms. The van der Waals surface area contributed by atoms with E-state index in [2.05, 4.69) is 20.8 Å². The lowest BCUT2D eigenvalue weighted by Gasteiger charge is -2.22. The Morgan fingerprint density at radius 2 is 2.07 bits per heavy atom. The number of hydrogen-bond donors (Lipinski definition) is 2. The molecule has 28 heavy (non-hydrogen) atoms. The molecule has 1 saturated heterocycles. The Labute approximate surface area is 170 Å². The Balaban J connectivity index is 0.00000225. The molecule has 0 aliphatic carbocycles. The van der Waals surface area contributed by atoms with Gasteiger partial charge in [0, 0.05) is 44.6 Å². The van der Waals surface area contributed by atoms with Crippen molar-refractivity contribution in [2.24, 2.45) is 13.0 Å². The average molecular weight is 401 g/mol. The van der Waals surface area contributed by atoms with E-state index in [0.29, 0.717) is 6.54 Å². The first-order chi connectivity index (χ1) is 13.1. The van der Waals surface area contributed by atoms with Crippen molar-refractivity contribution in [2.75, 3.05) is 13.1 Å². The molecule has 3 aromatic rings. The van der Waals surface area contributed by atoms with E-state index < -0.39 is 0 Å². The zero-order chi connectivity index (χ0) is 18.8. The molecule has 3 atom stereocenters.